The average Bonchev–Trinajstić information content (AvgIpc) is 4.09. The van der Waals surface area contributed by atoms with Crippen molar-refractivity contribution in [3.8, 4) is 33.6 Å². The molecule has 0 spiro atoms. The van der Waals surface area contributed by atoms with Gasteiger partial charge in [0, 0.05) is 61.4 Å². The van der Waals surface area contributed by atoms with Crippen LogP contribution >= 0.6 is 0 Å². The van der Waals surface area contributed by atoms with Gasteiger partial charge in [-0.3, -0.25) is 9.59 Å². The Balaban J connectivity index is 0.911. The third-order valence-electron chi connectivity index (χ3n) is 11.2. The fourth-order valence-corrected chi connectivity index (χ4v) is 8.02. The van der Waals surface area contributed by atoms with E-state index in [9.17, 15) is 9.59 Å². The van der Waals surface area contributed by atoms with Gasteiger partial charge in [0.05, 0.1) is 23.5 Å². The van der Waals surface area contributed by atoms with Crippen molar-refractivity contribution in [2.24, 2.45) is 11.8 Å². The fourth-order valence-electron chi connectivity index (χ4n) is 8.02. The maximum Gasteiger partial charge on any atom is 0.246 e. The van der Waals surface area contributed by atoms with Gasteiger partial charge in [-0.1, -0.05) is 76.2 Å². The van der Waals surface area contributed by atoms with Crippen LogP contribution in [0.15, 0.2) is 97.8 Å². The van der Waals surface area contributed by atoms with Gasteiger partial charge in [-0.25, -0.2) is 29.9 Å². The number of nitrogens with one attached hydrogen (secondary N) is 4. The number of nitrogens with zero attached hydrogens (tertiary/aromatic N) is 8. The van der Waals surface area contributed by atoms with E-state index in [-0.39, 0.29) is 35.7 Å². The number of H-pyrrole nitrogens is 2. The lowest BCUT2D eigenvalue weighted by Gasteiger charge is -2.30. The molecule has 0 radical (unpaired) electrons. The van der Waals surface area contributed by atoms with Crippen molar-refractivity contribution in [1.29, 1.82) is 0 Å². The summed E-state index contributed by atoms with van der Waals surface area (Å²) in [6.45, 7) is 9.48. The van der Waals surface area contributed by atoms with Crippen LogP contribution in [0.25, 0.3) is 33.6 Å². The number of amides is 2. The zero-order valence-corrected chi connectivity index (χ0v) is 33.3. The van der Waals surface area contributed by atoms with Crippen molar-refractivity contribution in [2.45, 2.75) is 77.5 Å². The molecular weight excluding hydrogens is 729 g/mol. The first-order valence-electron chi connectivity index (χ1n) is 20.2. The summed E-state index contributed by atoms with van der Waals surface area (Å²) in [6.07, 6.45) is 14.0. The number of imidazole rings is 2. The minimum Gasteiger partial charge on any atom is -0.346 e. The Morgan fingerprint density at radius 1 is 0.586 bits per heavy atom. The number of benzene rings is 2. The summed E-state index contributed by atoms with van der Waals surface area (Å²) < 4.78 is 0. The van der Waals surface area contributed by atoms with Crippen LogP contribution in [0.4, 0.5) is 11.9 Å². The van der Waals surface area contributed by atoms with E-state index in [1.165, 1.54) is 0 Å². The molecule has 4 N–H and O–H groups in total. The first-order chi connectivity index (χ1) is 28.2. The molecule has 2 aliphatic heterocycles. The van der Waals surface area contributed by atoms with Gasteiger partial charge in [0.2, 0.25) is 23.7 Å². The second kappa shape index (κ2) is 17.0. The zero-order chi connectivity index (χ0) is 40.2. The van der Waals surface area contributed by atoms with Crippen molar-refractivity contribution in [1.82, 2.24) is 49.7 Å². The van der Waals surface area contributed by atoms with Crippen LogP contribution in [-0.4, -0.2) is 86.7 Å². The van der Waals surface area contributed by atoms with Crippen molar-refractivity contribution >= 4 is 23.7 Å². The topological polar surface area (TPSA) is 174 Å². The van der Waals surface area contributed by atoms with Crippen LogP contribution in [-0.2, 0) is 9.59 Å². The molecule has 0 bridgehead atoms. The first kappa shape index (κ1) is 38.4. The predicted molar refractivity (Wildman–Crippen MR) is 223 cm³/mol. The molecule has 14 nitrogen and oxygen atoms in total. The second-order valence-corrected chi connectivity index (χ2v) is 15.8. The lowest BCUT2D eigenvalue weighted by molar-refractivity contribution is -0.134. The highest BCUT2D eigenvalue weighted by Crippen LogP contribution is 2.35. The number of anilines is 2. The standard InChI is InChI=1S/C44H50N12O2/c1-27(2)37(53-43-45-19-7-20-46-43)41(57)55-23-5-9-35(55)39-49-25-33(51-39)31-15-11-29(12-16-31)30-13-17-32(18-14-30)34-26-50-40(52-34)36-10-6-24-56(36)42(58)38(28(3)4)54-44-47-21-8-22-48-44/h7-8,11-22,25-28,35-38H,5-6,9-10,23-24H2,1-4H3,(H,49,51)(H,50,52)(H,45,46,53)(H,47,48,54)/t35-,36-,37-,38-/m0/s1. The first-order valence-corrected chi connectivity index (χ1v) is 20.2. The highest BCUT2D eigenvalue weighted by Gasteiger charge is 2.38. The molecule has 2 aromatic carbocycles. The van der Waals surface area contributed by atoms with Crippen LogP contribution < -0.4 is 10.6 Å². The number of hydrogen-bond acceptors (Lipinski definition) is 10. The van der Waals surface area contributed by atoms with E-state index < -0.39 is 12.1 Å². The summed E-state index contributed by atoms with van der Waals surface area (Å²) in [4.78, 5) is 65.4. The summed E-state index contributed by atoms with van der Waals surface area (Å²) in [6, 6.07) is 19.1. The number of carbonyl (C=O) groups excluding carboxylic acids is 2. The number of carbonyl (C=O) groups is 2. The van der Waals surface area contributed by atoms with Crippen LogP contribution in [0.2, 0.25) is 0 Å². The van der Waals surface area contributed by atoms with Gasteiger partial charge in [0.25, 0.3) is 0 Å². The molecule has 6 heterocycles. The molecule has 2 aliphatic rings. The van der Waals surface area contributed by atoms with E-state index in [0.29, 0.717) is 25.0 Å². The Bertz CT molecular complexity index is 2130. The summed E-state index contributed by atoms with van der Waals surface area (Å²) in [7, 11) is 0. The molecule has 2 fully saturated rings. The monoisotopic (exact) mass is 778 g/mol. The Morgan fingerprint density at radius 3 is 1.31 bits per heavy atom. The maximum atomic E-state index is 13.8. The SMILES string of the molecule is CC(C)[C@H](Nc1ncccn1)C(=O)N1CCC[C@H]1c1nc(-c2ccc(-c3ccc(-c4c[nH]c([C@@H]5CCCN5C(=O)[C@@H](Nc5ncccn5)C(C)C)n4)cc3)cc2)c[nH]1. The van der Waals surface area contributed by atoms with E-state index in [0.717, 1.165) is 71.0 Å². The third-order valence-corrected chi connectivity index (χ3v) is 11.2. The molecule has 14 heteroatoms. The summed E-state index contributed by atoms with van der Waals surface area (Å²) in [5.41, 5.74) is 5.84. The molecule has 0 aliphatic carbocycles. The summed E-state index contributed by atoms with van der Waals surface area (Å²) in [5, 5.41) is 6.50. The highest BCUT2D eigenvalue weighted by molar-refractivity contribution is 5.86. The Hall–Kier alpha value is -6.44. The van der Waals surface area contributed by atoms with E-state index in [2.05, 4.69) is 89.1 Å². The van der Waals surface area contributed by atoms with Gasteiger partial charge in [-0.15, -0.1) is 0 Å². The normalized spacial score (nSPS) is 17.8. The van der Waals surface area contributed by atoms with E-state index in [1.54, 1.807) is 36.9 Å². The van der Waals surface area contributed by atoms with Gasteiger partial charge in [-0.05, 0) is 60.8 Å². The molecule has 4 atom stereocenters. The Labute approximate surface area is 338 Å². The quantitative estimate of drug-likeness (QED) is 0.0931. The molecule has 0 saturated carbocycles. The zero-order valence-electron chi connectivity index (χ0n) is 33.3. The van der Waals surface area contributed by atoms with Crippen LogP contribution in [0, 0.1) is 11.8 Å². The number of rotatable bonds is 13. The fraction of sp³-hybridized carbons (Fsp3) is 0.364. The summed E-state index contributed by atoms with van der Waals surface area (Å²) >= 11 is 0. The molecule has 298 valence electrons. The number of aromatic amines is 2. The highest BCUT2D eigenvalue weighted by atomic mass is 16.2. The largest absolute Gasteiger partial charge is 0.346 e. The van der Waals surface area contributed by atoms with Gasteiger partial charge >= 0.3 is 0 Å². The molecule has 6 aromatic rings. The Morgan fingerprint density at radius 2 is 0.948 bits per heavy atom. The minimum absolute atomic E-state index is 0.0296. The predicted octanol–water partition coefficient (Wildman–Crippen LogP) is 7.31. The number of likely N-dealkylation sites (tertiary alicyclic amines) is 2. The lowest BCUT2D eigenvalue weighted by Crippen LogP contribution is -2.45. The smallest absolute Gasteiger partial charge is 0.246 e. The van der Waals surface area contributed by atoms with Crippen molar-refractivity contribution < 1.29 is 9.59 Å². The molecule has 2 saturated heterocycles. The second-order valence-electron chi connectivity index (χ2n) is 15.8. The van der Waals surface area contributed by atoms with Gasteiger partial charge < -0.3 is 30.4 Å². The lowest BCUT2D eigenvalue weighted by atomic mass is 10.0. The minimum atomic E-state index is -0.446. The number of hydrogen-bond donors (Lipinski definition) is 4. The van der Waals surface area contributed by atoms with Crippen molar-refractivity contribution in [3.63, 3.8) is 0 Å². The molecule has 2 amide bonds. The molecule has 58 heavy (non-hydrogen) atoms. The van der Waals surface area contributed by atoms with Crippen molar-refractivity contribution in [2.75, 3.05) is 23.7 Å². The van der Waals surface area contributed by atoms with Gasteiger partial charge in [0.1, 0.15) is 23.7 Å². The van der Waals surface area contributed by atoms with Crippen LogP contribution in [0.1, 0.15) is 77.1 Å². The third kappa shape index (κ3) is 8.18. The van der Waals surface area contributed by atoms with Gasteiger partial charge in [0.15, 0.2) is 0 Å². The van der Waals surface area contributed by atoms with E-state index >= 15 is 0 Å². The van der Waals surface area contributed by atoms with Crippen molar-refractivity contribution in [3.05, 3.63) is 109 Å². The molecule has 0 unspecified atom stereocenters. The van der Waals surface area contributed by atoms with Gasteiger partial charge in [-0.2, -0.15) is 0 Å². The maximum absolute atomic E-state index is 13.8. The summed E-state index contributed by atoms with van der Waals surface area (Å²) in [5.74, 6) is 2.64. The van der Waals surface area contributed by atoms with Crippen LogP contribution in [0.3, 0.4) is 0 Å². The number of aromatic nitrogens is 8. The van der Waals surface area contributed by atoms with E-state index in [1.807, 2.05) is 49.9 Å². The molecule has 4 aromatic heterocycles. The average molecular weight is 779 g/mol. The molecule has 8 rings (SSSR count). The Kier molecular flexibility index (Phi) is 11.2. The molecular formula is C44H50N12O2. The van der Waals surface area contributed by atoms with Crippen LogP contribution in [0.5, 0.6) is 0 Å². The van der Waals surface area contributed by atoms with E-state index in [4.69, 9.17) is 9.97 Å².